The molecule has 0 unspecified atom stereocenters. The first-order valence-corrected chi connectivity index (χ1v) is 6.46. The van der Waals surface area contributed by atoms with Crippen LogP contribution < -0.4 is 10.6 Å². The van der Waals surface area contributed by atoms with Crippen molar-refractivity contribution in [2.75, 3.05) is 32.8 Å². The van der Waals surface area contributed by atoms with Gasteiger partial charge in [-0.2, -0.15) is 0 Å². The quantitative estimate of drug-likeness (QED) is 0.374. The zero-order valence-electron chi connectivity index (χ0n) is 10.6. The minimum atomic E-state index is 0.740. The highest BCUT2D eigenvalue weighted by molar-refractivity contribution is 5.79. The second-order valence-electron chi connectivity index (χ2n) is 4.12. The van der Waals surface area contributed by atoms with E-state index >= 15 is 0 Å². The fourth-order valence-electron chi connectivity index (χ4n) is 1.49. The van der Waals surface area contributed by atoms with Crippen LogP contribution in [0.4, 0.5) is 0 Å². The molecule has 0 aromatic heterocycles. The standard InChI is InChI=1S/C12H25N3O/c1-3-13-12(15-9-10-16-4-2)14-8-7-11-5-6-11/h11H,3-10H2,1-2H3,(H2,13,14,15). The maximum atomic E-state index is 5.27. The fourth-order valence-corrected chi connectivity index (χ4v) is 1.49. The summed E-state index contributed by atoms with van der Waals surface area (Å²) in [6, 6.07) is 0. The summed E-state index contributed by atoms with van der Waals surface area (Å²) in [6.07, 6.45) is 4.05. The third kappa shape index (κ3) is 6.67. The molecule has 16 heavy (non-hydrogen) atoms. The first kappa shape index (κ1) is 13.3. The molecule has 0 heterocycles. The molecule has 0 aliphatic heterocycles. The van der Waals surface area contributed by atoms with Crippen LogP contribution in [0.15, 0.2) is 4.99 Å². The first-order valence-electron chi connectivity index (χ1n) is 6.46. The van der Waals surface area contributed by atoms with Gasteiger partial charge >= 0.3 is 0 Å². The molecule has 1 aliphatic rings. The van der Waals surface area contributed by atoms with Crippen LogP contribution in [-0.2, 0) is 4.74 Å². The van der Waals surface area contributed by atoms with Gasteiger partial charge in [-0.3, -0.25) is 4.99 Å². The number of aliphatic imine (C=N–C) groups is 1. The van der Waals surface area contributed by atoms with Crippen LogP contribution in [0.1, 0.15) is 33.1 Å². The summed E-state index contributed by atoms with van der Waals surface area (Å²) >= 11 is 0. The minimum Gasteiger partial charge on any atom is -0.380 e. The molecule has 94 valence electrons. The van der Waals surface area contributed by atoms with E-state index in [0.717, 1.165) is 44.7 Å². The third-order valence-corrected chi connectivity index (χ3v) is 2.59. The van der Waals surface area contributed by atoms with Gasteiger partial charge < -0.3 is 15.4 Å². The Balaban J connectivity index is 2.10. The topological polar surface area (TPSA) is 45.7 Å². The van der Waals surface area contributed by atoms with Gasteiger partial charge in [0.1, 0.15) is 0 Å². The number of nitrogens with one attached hydrogen (secondary N) is 2. The third-order valence-electron chi connectivity index (χ3n) is 2.59. The number of hydrogen-bond acceptors (Lipinski definition) is 2. The monoisotopic (exact) mass is 227 g/mol. The number of nitrogens with zero attached hydrogens (tertiary/aromatic N) is 1. The van der Waals surface area contributed by atoms with Crippen molar-refractivity contribution in [3.8, 4) is 0 Å². The zero-order chi connectivity index (χ0) is 11.6. The number of ether oxygens (including phenoxy) is 1. The van der Waals surface area contributed by atoms with Crippen LogP contribution in [0.25, 0.3) is 0 Å². The molecular formula is C12H25N3O. The molecule has 0 bridgehead atoms. The van der Waals surface area contributed by atoms with Crippen molar-refractivity contribution in [3.05, 3.63) is 0 Å². The minimum absolute atomic E-state index is 0.740. The number of rotatable bonds is 8. The molecule has 1 rings (SSSR count). The van der Waals surface area contributed by atoms with Crippen molar-refractivity contribution < 1.29 is 4.74 Å². The Morgan fingerprint density at radius 3 is 2.75 bits per heavy atom. The molecular weight excluding hydrogens is 202 g/mol. The van der Waals surface area contributed by atoms with E-state index in [1.54, 1.807) is 0 Å². The fraction of sp³-hybridized carbons (Fsp3) is 0.917. The summed E-state index contributed by atoms with van der Waals surface area (Å²) in [5.41, 5.74) is 0. The Hall–Kier alpha value is -0.770. The summed E-state index contributed by atoms with van der Waals surface area (Å²) < 4.78 is 5.27. The molecule has 0 saturated heterocycles. The van der Waals surface area contributed by atoms with Crippen LogP contribution in [0.2, 0.25) is 0 Å². The maximum Gasteiger partial charge on any atom is 0.191 e. The second-order valence-corrected chi connectivity index (χ2v) is 4.12. The predicted octanol–water partition coefficient (Wildman–Crippen LogP) is 1.38. The largest absolute Gasteiger partial charge is 0.380 e. The van der Waals surface area contributed by atoms with Crippen LogP contribution in [-0.4, -0.2) is 38.8 Å². The molecule has 1 aliphatic carbocycles. The lowest BCUT2D eigenvalue weighted by molar-refractivity contribution is 0.152. The maximum absolute atomic E-state index is 5.27. The highest BCUT2D eigenvalue weighted by atomic mass is 16.5. The van der Waals surface area contributed by atoms with Gasteiger partial charge in [0.05, 0.1) is 6.61 Å². The van der Waals surface area contributed by atoms with Gasteiger partial charge in [0.25, 0.3) is 0 Å². The van der Waals surface area contributed by atoms with Crippen molar-refractivity contribution in [1.29, 1.82) is 0 Å². The number of guanidine groups is 1. The van der Waals surface area contributed by atoms with Crippen LogP contribution >= 0.6 is 0 Å². The molecule has 1 fully saturated rings. The molecule has 0 aromatic carbocycles. The van der Waals surface area contributed by atoms with Crippen molar-refractivity contribution in [3.63, 3.8) is 0 Å². The van der Waals surface area contributed by atoms with E-state index in [9.17, 15) is 0 Å². The Morgan fingerprint density at radius 2 is 2.12 bits per heavy atom. The molecule has 2 N–H and O–H groups in total. The number of hydrogen-bond donors (Lipinski definition) is 2. The Kier molecular flexibility index (Phi) is 6.97. The Labute approximate surface area is 98.9 Å². The first-order chi connectivity index (χ1) is 7.86. The van der Waals surface area contributed by atoms with Gasteiger partial charge in [-0.1, -0.05) is 12.8 Å². The lowest BCUT2D eigenvalue weighted by Crippen LogP contribution is -2.39. The summed E-state index contributed by atoms with van der Waals surface area (Å²) in [5.74, 6) is 1.87. The average molecular weight is 227 g/mol. The Bertz CT molecular complexity index is 202. The summed E-state index contributed by atoms with van der Waals surface area (Å²) in [5, 5.41) is 6.50. The molecule has 4 nitrogen and oxygen atoms in total. The van der Waals surface area contributed by atoms with Gasteiger partial charge in [0.2, 0.25) is 0 Å². The summed E-state index contributed by atoms with van der Waals surface area (Å²) in [7, 11) is 0. The smallest absolute Gasteiger partial charge is 0.191 e. The SMILES string of the molecule is CCNC(=NCCC1CC1)NCCOCC. The normalized spacial score (nSPS) is 16.2. The highest BCUT2D eigenvalue weighted by Crippen LogP contribution is 2.31. The summed E-state index contributed by atoms with van der Waals surface area (Å²) in [4.78, 5) is 4.53. The summed E-state index contributed by atoms with van der Waals surface area (Å²) in [6.45, 7) is 8.28. The van der Waals surface area contributed by atoms with Gasteiger partial charge in [0, 0.05) is 26.2 Å². The van der Waals surface area contributed by atoms with Crippen molar-refractivity contribution in [2.45, 2.75) is 33.1 Å². The van der Waals surface area contributed by atoms with Gasteiger partial charge in [-0.05, 0) is 26.2 Å². The average Bonchev–Trinajstić information content (AvgIpc) is 3.08. The van der Waals surface area contributed by atoms with E-state index in [1.165, 1.54) is 19.3 Å². The van der Waals surface area contributed by atoms with E-state index in [1.807, 2.05) is 6.92 Å². The molecule has 0 spiro atoms. The molecule has 0 atom stereocenters. The van der Waals surface area contributed by atoms with E-state index < -0.39 is 0 Å². The molecule has 0 aromatic rings. The molecule has 1 saturated carbocycles. The lowest BCUT2D eigenvalue weighted by atomic mass is 10.3. The van der Waals surface area contributed by atoms with Crippen molar-refractivity contribution in [2.24, 2.45) is 10.9 Å². The second kappa shape index (κ2) is 8.39. The zero-order valence-corrected chi connectivity index (χ0v) is 10.6. The molecule has 4 heteroatoms. The molecule has 0 amide bonds. The van der Waals surface area contributed by atoms with Gasteiger partial charge in [0.15, 0.2) is 5.96 Å². The van der Waals surface area contributed by atoms with E-state index in [0.29, 0.717) is 0 Å². The lowest BCUT2D eigenvalue weighted by Gasteiger charge is -2.10. The highest BCUT2D eigenvalue weighted by Gasteiger charge is 2.20. The van der Waals surface area contributed by atoms with E-state index in [2.05, 4.69) is 22.5 Å². The van der Waals surface area contributed by atoms with Crippen molar-refractivity contribution >= 4 is 5.96 Å². The van der Waals surface area contributed by atoms with Crippen LogP contribution in [0.3, 0.4) is 0 Å². The predicted molar refractivity (Wildman–Crippen MR) is 67.8 cm³/mol. The van der Waals surface area contributed by atoms with E-state index in [-0.39, 0.29) is 0 Å². The van der Waals surface area contributed by atoms with Crippen LogP contribution in [0.5, 0.6) is 0 Å². The van der Waals surface area contributed by atoms with E-state index in [4.69, 9.17) is 4.74 Å². The van der Waals surface area contributed by atoms with Gasteiger partial charge in [-0.25, -0.2) is 0 Å². The van der Waals surface area contributed by atoms with Crippen LogP contribution in [0, 0.1) is 5.92 Å². The molecule has 0 radical (unpaired) electrons. The Morgan fingerprint density at radius 1 is 1.31 bits per heavy atom. The van der Waals surface area contributed by atoms with Gasteiger partial charge in [-0.15, -0.1) is 0 Å². The van der Waals surface area contributed by atoms with Crippen molar-refractivity contribution in [1.82, 2.24) is 10.6 Å².